The Bertz CT molecular complexity index is 673. The van der Waals surface area contributed by atoms with E-state index >= 15 is 0 Å². The lowest BCUT2D eigenvalue weighted by atomic mass is 10.2. The molecule has 0 bridgehead atoms. The SMILES string of the molecule is CCOC(=O)CCCNC(=O)COC(=O)c1ccc(OCC(C)C)c(OCC)c1. The van der Waals surface area contributed by atoms with E-state index in [4.69, 9.17) is 18.9 Å². The Hall–Kier alpha value is -2.77. The largest absolute Gasteiger partial charge is 0.490 e. The smallest absolute Gasteiger partial charge is 0.338 e. The summed E-state index contributed by atoms with van der Waals surface area (Å²) in [7, 11) is 0. The number of carbonyl (C=O) groups is 3. The minimum Gasteiger partial charge on any atom is -0.490 e. The molecule has 0 atom stereocenters. The monoisotopic (exact) mass is 409 g/mol. The van der Waals surface area contributed by atoms with Crippen LogP contribution in [0.15, 0.2) is 18.2 Å². The van der Waals surface area contributed by atoms with E-state index in [0.29, 0.717) is 50.2 Å². The van der Waals surface area contributed by atoms with Crippen molar-refractivity contribution in [3.63, 3.8) is 0 Å². The molecule has 0 aliphatic rings. The number of esters is 2. The average molecular weight is 409 g/mol. The van der Waals surface area contributed by atoms with Crippen molar-refractivity contribution in [2.24, 2.45) is 5.92 Å². The Kier molecular flexibility index (Phi) is 11.2. The van der Waals surface area contributed by atoms with Crippen molar-refractivity contribution in [2.75, 3.05) is 33.0 Å². The number of benzene rings is 1. The molecule has 8 heteroatoms. The van der Waals surface area contributed by atoms with Crippen molar-refractivity contribution in [2.45, 2.75) is 40.5 Å². The van der Waals surface area contributed by atoms with E-state index < -0.39 is 18.5 Å². The lowest BCUT2D eigenvalue weighted by molar-refractivity contribution is -0.143. The number of ether oxygens (including phenoxy) is 4. The Balaban J connectivity index is 2.49. The molecule has 1 amide bonds. The highest BCUT2D eigenvalue weighted by atomic mass is 16.5. The van der Waals surface area contributed by atoms with Crippen molar-refractivity contribution in [1.82, 2.24) is 5.32 Å². The van der Waals surface area contributed by atoms with Gasteiger partial charge in [-0.05, 0) is 44.4 Å². The third kappa shape index (κ3) is 9.82. The van der Waals surface area contributed by atoms with Gasteiger partial charge < -0.3 is 24.3 Å². The Morgan fingerprint density at radius 3 is 2.41 bits per heavy atom. The second-order valence-corrected chi connectivity index (χ2v) is 6.63. The molecule has 0 aliphatic heterocycles. The number of amides is 1. The standard InChI is InChI=1S/C21H31NO7/c1-5-26-18-12-16(9-10-17(18)28-13-15(3)4)21(25)29-14-19(23)22-11-7-8-20(24)27-6-2/h9-10,12,15H,5-8,11,13-14H2,1-4H3,(H,22,23). The summed E-state index contributed by atoms with van der Waals surface area (Å²) in [6.07, 6.45) is 0.674. The molecule has 162 valence electrons. The summed E-state index contributed by atoms with van der Waals surface area (Å²) in [5.41, 5.74) is 0.264. The molecule has 0 unspecified atom stereocenters. The molecule has 0 aromatic heterocycles. The van der Waals surface area contributed by atoms with E-state index in [9.17, 15) is 14.4 Å². The Morgan fingerprint density at radius 2 is 1.76 bits per heavy atom. The van der Waals surface area contributed by atoms with Gasteiger partial charge in [0.2, 0.25) is 0 Å². The van der Waals surface area contributed by atoms with E-state index in [0.717, 1.165) is 0 Å². The fourth-order valence-corrected chi connectivity index (χ4v) is 2.24. The van der Waals surface area contributed by atoms with Crippen LogP contribution in [0.4, 0.5) is 0 Å². The topological polar surface area (TPSA) is 100 Å². The molecule has 0 spiro atoms. The zero-order chi connectivity index (χ0) is 21.6. The highest BCUT2D eigenvalue weighted by Gasteiger charge is 2.15. The first-order valence-electron chi connectivity index (χ1n) is 9.86. The number of hydrogen-bond donors (Lipinski definition) is 1. The lowest BCUT2D eigenvalue weighted by Crippen LogP contribution is -2.30. The Labute approximate surface area is 171 Å². The third-order valence-electron chi connectivity index (χ3n) is 3.57. The summed E-state index contributed by atoms with van der Waals surface area (Å²) < 4.78 is 21.1. The molecule has 0 aliphatic carbocycles. The van der Waals surface area contributed by atoms with E-state index in [2.05, 4.69) is 5.32 Å². The van der Waals surface area contributed by atoms with Crippen LogP contribution in [0.5, 0.6) is 11.5 Å². The zero-order valence-corrected chi connectivity index (χ0v) is 17.6. The maximum Gasteiger partial charge on any atom is 0.338 e. The van der Waals surface area contributed by atoms with Crippen LogP contribution >= 0.6 is 0 Å². The first-order chi connectivity index (χ1) is 13.9. The molecule has 8 nitrogen and oxygen atoms in total. The molecule has 0 radical (unpaired) electrons. The second-order valence-electron chi connectivity index (χ2n) is 6.63. The Morgan fingerprint density at radius 1 is 1.00 bits per heavy atom. The summed E-state index contributed by atoms with van der Waals surface area (Å²) in [6.45, 7) is 8.81. The summed E-state index contributed by atoms with van der Waals surface area (Å²) in [6, 6.07) is 4.76. The van der Waals surface area contributed by atoms with Crippen LogP contribution < -0.4 is 14.8 Å². The first kappa shape index (κ1) is 24.3. The van der Waals surface area contributed by atoms with Crippen LogP contribution in [-0.2, 0) is 19.1 Å². The fraction of sp³-hybridized carbons (Fsp3) is 0.571. The molecule has 0 heterocycles. The molecule has 29 heavy (non-hydrogen) atoms. The maximum atomic E-state index is 12.2. The summed E-state index contributed by atoms with van der Waals surface area (Å²) in [5.74, 6) is -0.0290. The van der Waals surface area contributed by atoms with Crippen LogP contribution in [0.2, 0.25) is 0 Å². The van der Waals surface area contributed by atoms with Crippen LogP contribution in [-0.4, -0.2) is 50.8 Å². The van der Waals surface area contributed by atoms with Crippen molar-refractivity contribution < 1.29 is 33.3 Å². The minimum absolute atomic E-state index is 0.222. The van der Waals surface area contributed by atoms with Gasteiger partial charge in [-0.15, -0.1) is 0 Å². The van der Waals surface area contributed by atoms with Gasteiger partial charge in [0.1, 0.15) is 0 Å². The van der Waals surface area contributed by atoms with Crippen LogP contribution in [0.3, 0.4) is 0 Å². The molecule has 1 aromatic rings. The van der Waals surface area contributed by atoms with E-state index in [1.165, 1.54) is 0 Å². The number of nitrogens with one attached hydrogen (secondary N) is 1. The first-order valence-corrected chi connectivity index (χ1v) is 9.86. The van der Waals surface area contributed by atoms with Crippen molar-refractivity contribution in [3.8, 4) is 11.5 Å². The van der Waals surface area contributed by atoms with Crippen molar-refractivity contribution >= 4 is 17.8 Å². The highest BCUT2D eigenvalue weighted by molar-refractivity contribution is 5.92. The zero-order valence-electron chi connectivity index (χ0n) is 17.6. The fourth-order valence-electron chi connectivity index (χ4n) is 2.24. The maximum absolute atomic E-state index is 12.2. The van der Waals surface area contributed by atoms with E-state index in [-0.39, 0.29) is 18.0 Å². The number of carbonyl (C=O) groups excluding carboxylic acids is 3. The van der Waals surface area contributed by atoms with Gasteiger partial charge in [-0.3, -0.25) is 9.59 Å². The van der Waals surface area contributed by atoms with Crippen LogP contribution in [0.1, 0.15) is 50.9 Å². The molecule has 1 N–H and O–H groups in total. The summed E-state index contributed by atoms with van der Waals surface area (Å²) >= 11 is 0. The highest BCUT2D eigenvalue weighted by Crippen LogP contribution is 2.29. The van der Waals surface area contributed by atoms with Gasteiger partial charge in [-0.25, -0.2) is 4.79 Å². The van der Waals surface area contributed by atoms with Gasteiger partial charge in [-0.1, -0.05) is 13.8 Å². The molecular formula is C21H31NO7. The molecular weight excluding hydrogens is 378 g/mol. The molecule has 1 rings (SSSR count). The second kappa shape index (κ2) is 13.4. The van der Waals surface area contributed by atoms with E-state index in [1.807, 2.05) is 20.8 Å². The summed E-state index contributed by atoms with van der Waals surface area (Å²) in [5, 5.41) is 2.59. The molecule has 0 saturated carbocycles. The minimum atomic E-state index is -0.636. The molecule has 0 saturated heterocycles. The van der Waals surface area contributed by atoms with Crippen LogP contribution in [0, 0.1) is 5.92 Å². The molecule has 0 fully saturated rings. The van der Waals surface area contributed by atoms with Crippen molar-refractivity contribution in [1.29, 1.82) is 0 Å². The number of hydrogen-bond acceptors (Lipinski definition) is 7. The van der Waals surface area contributed by atoms with E-state index in [1.54, 1.807) is 25.1 Å². The van der Waals surface area contributed by atoms with Gasteiger partial charge >= 0.3 is 11.9 Å². The van der Waals surface area contributed by atoms with Gasteiger partial charge in [0, 0.05) is 13.0 Å². The predicted octanol–water partition coefficient (Wildman–Crippen LogP) is 2.74. The predicted molar refractivity (Wildman–Crippen MR) is 107 cm³/mol. The number of rotatable bonds is 13. The normalized spacial score (nSPS) is 10.4. The summed E-state index contributed by atoms with van der Waals surface area (Å²) in [4.78, 5) is 35.2. The van der Waals surface area contributed by atoms with Gasteiger partial charge in [-0.2, -0.15) is 0 Å². The average Bonchev–Trinajstić information content (AvgIpc) is 2.68. The van der Waals surface area contributed by atoms with Gasteiger partial charge in [0.05, 0.1) is 25.4 Å². The van der Waals surface area contributed by atoms with Crippen molar-refractivity contribution in [3.05, 3.63) is 23.8 Å². The van der Waals surface area contributed by atoms with Gasteiger partial charge in [0.25, 0.3) is 5.91 Å². The van der Waals surface area contributed by atoms with Gasteiger partial charge in [0.15, 0.2) is 18.1 Å². The van der Waals surface area contributed by atoms with Crippen LogP contribution in [0.25, 0.3) is 0 Å². The quantitative estimate of drug-likeness (QED) is 0.395. The third-order valence-corrected chi connectivity index (χ3v) is 3.57. The molecule has 1 aromatic carbocycles. The lowest BCUT2D eigenvalue weighted by Gasteiger charge is -2.14.